The van der Waals surface area contributed by atoms with Crippen molar-refractivity contribution in [2.45, 2.75) is 37.5 Å². The number of fused-ring (bicyclic) bond motifs is 5. The zero-order valence-electron chi connectivity index (χ0n) is 18.0. The van der Waals surface area contributed by atoms with Gasteiger partial charge in [0.05, 0.1) is 42.7 Å². The maximum Gasteiger partial charge on any atom is 0.365 e. The number of rotatable bonds is 2. The Kier molecular flexibility index (Phi) is 4.07. The summed E-state index contributed by atoms with van der Waals surface area (Å²) in [5, 5.41) is 33.4. The Morgan fingerprint density at radius 1 is 1.26 bits per heavy atom. The van der Waals surface area contributed by atoms with Crippen molar-refractivity contribution >= 4 is 28.4 Å². The first kappa shape index (κ1) is 20.5. The summed E-state index contributed by atoms with van der Waals surface area (Å²) in [5.74, 6) is -2.16. The molecule has 1 fully saturated rings. The lowest BCUT2D eigenvalue weighted by Gasteiger charge is -2.45. The van der Waals surface area contributed by atoms with Gasteiger partial charge < -0.3 is 29.3 Å². The number of carbonyl (C=O) groups is 2. The van der Waals surface area contributed by atoms with Crippen molar-refractivity contribution in [2.75, 3.05) is 7.11 Å². The van der Waals surface area contributed by atoms with E-state index in [9.17, 15) is 29.7 Å². The number of esters is 1. The van der Waals surface area contributed by atoms with Gasteiger partial charge in [0.15, 0.2) is 11.4 Å². The minimum absolute atomic E-state index is 0.00121. The molecule has 0 spiro atoms. The molecule has 0 unspecified atom stereocenters. The fourth-order valence-corrected chi connectivity index (χ4v) is 5.40. The zero-order chi connectivity index (χ0) is 23.9. The molecule has 34 heavy (non-hydrogen) atoms. The van der Waals surface area contributed by atoms with Crippen molar-refractivity contribution in [3.05, 3.63) is 51.4 Å². The Morgan fingerprint density at radius 2 is 2.06 bits per heavy atom. The summed E-state index contributed by atoms with van der Waals surface area (Å²) in [4.78, 5) is 37.6. The Bertz CT molecular complexity index is 1530. The molecule has 1 aliphatic carbocycles. The number of hydrogen-bond donors (Lipinski definition) is 3. The van der Waals surface area contributed by atoms with Gasteiger partial charge in [-0.1, -0.05) is 12.1 Å². The number of para-hydroxylation sites is 1. The molecule has 10 nitrogen and oxygen atoms in total. The number of ether oxygens (including phenoxy) is 2. The average molecular weight is 465 g/mol. The van der Waals surface area contributed by atoms with E-state index in [0.29, 0.717) is 27.6 Å². The second kappa shape index (κ2) is 6.73. The van der Waals surface area contributed by atoms with E-state index in [0.717, 1.165) is 0 Å². The van der Waals surface area contributed by atoms with Gasteiger partial charge in [0, 0.05) is 17.5 Å². The molecule has 6 rings (SSSR count). The van der Waals surface area contributed by atoms with Crippen LogP contribution in [0.3, 0.4) is 0 Å². The fraction of sp³-hybridized carbons (Fsp3) is 0.292. The molecule has 0 radical (unpaired) electrons. The van der Waals surface area contributed by atoms with Gasteiger partial charge in [-0.05, 0) is 24.1 Å². The van der Waals surface area contributed by atoms with Crippen LogP contribution in [0.1, 0.15) is 30.4 Å². The molecule has 2 atom stereocenters. The predicted molar refractivity (Wildman–Crippen MR) is 116 cm³/mol. The van der Waals surface area contributed by atoms with Crippen molar-refractivity contribution in [2.24, 2.45) is 0 Å². The van der Waals surface area contributed by atoms with Gasteiger partial charge in [0.2, 0.25) is 0 Å². The molecule has 1 aromatic heterocycles. The number of Topliss-reactive ketones (excluding diaryl/α,β-unsaturated/α-hetero) is 1. The van der Waals surface area contributed by atoms with Crippen LogP contribution in [0.5, 0.6) is 11.5 Å². The Morgan fingerprint density at radius 3 is 2.82 bits per heavy atom. The van der Waals surface area contributed by atoms with E-state index in [1.165, 1.54) is 17.9 Å². The maximum absolute atomic E-state index is 12.9. The third kappa shape index (κ3) is 2.45. The molecule has 174 valence electrons. The molecule has 0 saturated heterocycles. The number of carbonyl (C=O) groups excluding carboxylic acids is 2. The Labute approximate surface area is 191 Å². The van der Waals surface area contributed by atoms with Gasteiger partial charge in [0.1, 0.15) is 22.8 Å². The smallest absolute Gasteiger partial charge is 0.365 e. The lowest BCUT2D eigenvalue weighted by Crippen LogP contribution is -2.57. The molecular formula is C24H19NO9. The monoisotopic (exact) mass is 465 g/mol. The zero-order valence-corrected chi connectivity index (χ0v) is 18.0. The molecule has 0 amide bonds. The number of ketones is 1. The number of methoxy groups -OCH3 is 1. The molecule has 2 aromatic carbocycles. The van der Waals surface area contributed by atoms with Crippen LogP contribution in [0.25, 0.3) is 27.8 Å². The van der Waals surface area contributed by atoms with Crippen LogP contribution in [0.2, 0.25) is 0 Å². The van der Waals surface area contributed by atoms with E-state index in [1.54, 1.807) is 18.2 Å². The highest BCUT2D eigenvalue weighted by molar-refractivity contribution is 6.08. The highest BCUT2D eigenvalue weighted by Crippen LogP contribution is 2.55. The highest BCUT2D eigenvalue weighted by atomic mass is 16.5. The number of phenolic OH excluding ortho intramolecular Hbond substituents is 1. The average Bonchev–Trinajstić information content (AvgIpc) is 3.12. The minimum atomic E-state index is -1.90. The number of hydrogen-bond acceptors (Lipinski definition) is 9. The molecule has 3 heterocycles. The number of aliphatic hydroxyl groups excluding tert-OH is 2. The largest absolute Gasteiger partial charge is 0.507 e. The standard InChI is InChI=1S/C24H19NO9/c1-32-16(29)8-24-15(28)6-5-13(26)19(24)21(30)18-14(27)7-10-9-25-20-11(17(10)22(18)33-24)3-2-4-12(20)23(31)34-25/h2-4,7,15,27-28,30H,5-6,8-9H2,1H3/t15-,24+/m0/s1. The quantitative estimate of drug-likeness (QED) is 0.378. The number of aliphatic hydroxyl groups is 2. The first-order valence-electron chi connectivity index (χ1n) is 10.7. The first-order valence-corrected chi connectivity index (χ1v) is 10.7. The number of benzene rings is 2. The minimum Gasteiger partial charge on any atom is -0.507 e. The van der Waals surface area contributed by atoms with Crippen LogP contribution in [-0.4, -0.2) is 50.6 Å². The number of aromatic hydroxyl groups is 1. The summed E-state index contributed by atoms with van der Waals surface area (Å²) in [6.45, 7) is 0.0953. The van der Waals surface area contributed by atoms with Crippen molar-refractivity contribution in [3.8, 4) is 22.6 Å². The van der Waals surface area contributed by atoms with Crippen molar-refractivity contribution < 1.29 is 38.9 Å². The van der Waals surface area contributed by atoms with Gasteiger partial charge in [-0.2, -0.15) is 0 Å². The molecule has 3 aromatic rings. The van der Waals surface area contributed by atoms with E-state index in [4.69, 9.17) is 14.0 Å². The molecule has 10 heteroatoms. The Balaban J connectivity index is 1.70. The number of aromatic nitrogens is 1. The van der Waals surface area contributed by atoms with Crippen LogP contribution in [0.4, 0.5) is 0 Å². The van der Waals surface area contributed by atoms with Crippen LogP contribution < -0.4 is 10.4 Å². The van der Waals surface area contributed by atoms with E-state index in [1.807, 2.05) is 0 Å². The van der Waals surface area contributed by atoms with Gasteiger partial charge >= 0.3 is 11.6 Å². The number of nitrogens with zero attached hydrogens (tertiary/aromatic N) is 1. The topological polar surface area (TPSA) is 148 Å². The lowest BCUT2D eigenvalue weighted by molar-refractivity contribution is -0.150. The third-order valence-electron chi connectivity index (χ3n) is 6.90. The van der Waals surface area contributed by atoms with Crippen molar-refractivity contribution in [1.82, 2.24) is 4.74 Å². The van der Waals surface area contributed by atoms with E-state index < -0.39 is 41.3 Å². The highest BCUT2D eigenvalue weighted by Gasteiger charge is 2.56. The van der Waals surface area contributed by atoms with Gasteiger partial charge in [-0.25, -0.2) is 9.53 Å². The van der Waals surface area contributed by atoms with Crippen LogP contribution in [-0.2, 0) is 20.9 Å². The molecule has 0 bridgehead atoms. The summed E-state index contributed by atoms with van der Waals surface area (Å²) in [6.07, 6.45) is -1.88. The second-order valence-electron chi connectivity index (χ2n) is 8.70. The maximum atomic E-state index is 12.9. The van der Waals surface area contributed by atoms with Gasteiger partial charge in [-0.15, -0.1) is 0 Å². The third-order valence-corrected chi connectivity index (χ3v) is 6.90. The Hall–Kier alpha value is -4.05. The summed E-state index contributed by atoms with van der Waals surface area (Å²) < 4.78 is 17.9. The van der Waals surface area contributed by atoms with Gasteiger partial charge in [0.25, 0.3) is 0 Å². The summed E-state index contributed by atoms with van der Waals surface area (Å²) in [6, 6.07) is 6.43. The predicted octanol–water partition coefficient (Wildman–Crippen LogP) is 2.02. The first-order chi connectivity index (χ1) is 16.3. The summed E-state index contributed by atoms with van der Waals surface area (Å²) in [7, 11) is 1.17. The van der Waals surface area contributed by atoms with E-state index in [2.05, 4.69) is 0 Å². The summed E-state index contributed by atoms with van der Waals surface area (Å²) in [5.41, 5.74) is -0.778. The van der Waals surface area contributed by atoms with Crippen LogP contribution in [0, 0.1) is 0 Å². The van der Waals surface area contributed by atoms with E-state index in [-0.39, 0.29) is 42.0 Å². The summed E-state index contributed by atoms with van der Waals surface area (Å²) >= 11 is 0. The van der Waals surface area contributed by atoms with E-state index >= 15 is 0 Å². The van der Waals surface area contributed by atoms with Crippen molar-refractivity contribution in [3.63, 3.8) is 0 Å². The second-order valence-corrected chi connectivity index (χ2v) is 8.70. The fourth-order valence-electron chi connectivity index (χ4n) is 5.40. The normalized spacial score (nSPS) is 22.6. The SMILES string of the molecule is COC(=O)C[C@]12Oc3c(c(O)cc4c3-c3cccc5c(=O)on(c35)C4)C(O)=C1C(=O)CC[C@@H]2O. The van der Waals surface area contributed by atoms with Crippen LogP contribution in [0.15, 0.2) is 39.2 Å². The lowest BCUT2D eigenvalue weighted by atomic mass is 9.71. The van der Waals surface area contributed by atoms with Crippen molar-refractivity contribution in [1.29, 1.82) is 0 Å². The van der Waals surface area contributed by atoms with Crippen LogP contribution >= 0.6 is 0 Å². The molecule has 1 saturated carbocycles. The van der Waals surface area contributed by atoms with Gasteiger partial charge in [-0.3, -0.25) is 9.59 Å². The molecule has 3 N–H and O–H groups in total. The number of phenols is 1. The molecular weight excluding hydrogens is 446 g/mol. The molecule has 3 aliphatic rings. The molecule has 2 aliphatic heterocycles.